The molecule has 0 atom stereocenters. The van der Waals surface area contributed by atoms with Crippen LogP contribution in [0.4, 0.5) is 0 Å². The molecule has 0 spiro atoms. The molecule has 1 aromatic carbocycles. The molecule has 0 saturated carbocycles. The lowest BCUT2D eigenvalue weighted by Gasteiger charge is -2.12. The van der Waals surface area contributed by atoms with Crippen LogP contribution in [0, 0.1) is 0 Å². The van der Waals surface area contributed by atoms with Crippen molar-refractivity contribution in [1.29, 1.82) is 0 Å². The normalized spacial score (nSPS) is 11.4. The number of halogens is 1. The fraction of sp³-hybridized carbons (Fsp3) is 0.267. The second kappa shape index (κ2) is 7.75. The Balaban J connectivity index is 1.73. The molecule has 4 nitrogen and oxygen atoms in total. The van der Waals surface area contributed by atoms with E-state index in [1.54, 1.807) is 7.05 Å². The Bertz CT molecular complexity index is 532. The molecule has 0 aliphatic heterocycles. The van der Waals surface area contributed by atoms with E-state index in [0.29, 0.717) is 0 Å². The molecule has 0 unspecified atom stereocenters. The molecule has 0 saturated heterocycles. The molecular weight excluding hydrogens is 316 g/mol. The zero-order valence-electron chi connectivity index (χ0n) is 11.5. The number of aliphatic imine (C=N–C) groups is 1. The molecule has 2 aromatic rings. The van der Waals surface area contributed by atoms with Gasteiger partial charge in [0, 0.05) is 43.5 Å². The second-order valence-electron chi connectivity index (χ2n) is 4.40. The lowest BCUT2D eigenvalue weighted by atomic mass is 10.2. The predicted molar refractivity (Wildman–Crippen MR) is 86.8 cm³/mol. The Labute approximate surface area is 128 Å². The molecule has 1 aromatic heterocycles. The highest BCUT2D eigenvalue weighted by Gasteiger charge is 1.98. The summed E-state index contributed by atoms with van der Waals surface area (Å²) in [5, 5.41) is 6.60. The molecule has 106 valence electrons. The van der Waals surface area contributed by atoms with Crippen LogP contribution in [0.2, 0.25) is 0 Å². The molecular formula is C15H19BrN4. The molecule has 0 aliphatic rings. The van der Waals surface area contributed by atoms with E-state index in [1.807, 2.05) is 24.3 Å². The van der Waals surface area contributed by atoms with Gasteiger partial charge in [-0.25, -0.2) is 0 Å². The third kappa shape index (κ3) is 4.74. The lowest BCUT2D eigenvalue weighted by Crippen LogP contribution is -2.38. The highest BCUT2D eigenvalue weighted by molar-refractivity contribution is 9.10. The third-order valence-electron chi connectivity index (χ3n) is 2.93. The van der Waals surface area contributed by atoms with Crippen LogP contribution in [0.3, 0.4) is 0 Å². The second-order valence-corrected chi connectivity index (χ2v) is 5.32. The van der Waals surface area contributed by atoms with E-state index in [-0.39, 0.29) is 0 Å². The zero-order valence-corrected chi connectivity index (χ0v) is 13.1. The Morgan fingerprint density at radius 3 is 2.50 bits per heavy atom. The van der Waals surface area contributed by atoms with E-state index in [2.05, 4.69) is 60.6 Å². The topological polar surface area (TPSA) is 41.4 Å². The van der Waals surface area contributed by atoms with Crippen LogP contribution in [-0.2, 0) is 13.1 Å². The first-order valence-electron chi connectivity index (χ1n) is 6.57. The Morgan fingerprint density at radius 2 is 1.85 bits per heavy atom. The maximum atomic E-state index is 4.22. The van der Waals surface area contributed by atoms with Gasteiger partial charge in [-0.1, -0.05) is 28.1 Å². The number of rotatable bonds is 5. The minimum Gasteiger partial charge on any atom is -0.355 e. The van der Waals surface area contributed by atoms with Gasteiger partial charge in [0.15, 0.2) is 5.96 Å². The number of hydrogen-bond donors (Lipinski definition) is 2. The Kier molecular flexibility index (Phi) is 5.68. The predicted octanol–water partition coefficient (Wildman–Crippen LogP) is 2.62. The molecule has 0 aliphatic carbocycles. The molecule has 0 fully saturated rings. The summed E-state index contributed by atoms with van der Waals surface area (Å²) in [6.07, 6.45) is 4.11. The fourth-order valence-corrected chi connectivity index (χ4v) is 2.10. The molecule has 5 heteroatoms. The number of guanidine groups is 1. The van der Waals surface area contributed by atoms with Gasteiger partial charge in [0.25, 0.3) is 0 Å². The van der Waals surface area contributed by atoms with Crippen LogP contribution in [0.1, 0.15) is 5.56 Å². The first-order valence-corrected chi connectivity index (χ1v) is 7.37. The summed E-state index contributed by atoms with van der Waals surface area (Å²) < 4.78 is 3.23. The Hall–Kier alpha value is -1.75. The lowest BCUT2D eigenvalue weighted by molar-refractivity contribution is 0.665. The van der Waals surface area contributed by atoms with E-state index < -0.39 is 0 Å². The summed E-state index contributed by atoms with van der Waals surface area (Å²) in [6.45, 7) is 2.52. The summed E-state index contributed by atoms with van der Waals surface area (Å²) in [7, 11) is 1.78. The van der Waals surface area contributed by atoms with Crippen molar-refractivity contribution in [2.45, 2.75) is 13.1 Å². The fourth-order valence-electron chi connectivity index (χ4n) is 1.83. The van der Waals surface area contributed by atoms with Crippen LogP contribution < -0.4 is 10.6 Å². The number of benzene rings is 1. The highest BCUT2D eigenvalue weighted by Crippen LogP contribution is 2.10. The third-order valence-corrected chi connectivity index (χ3v) is 3.45. The van der Waals surface area contributed by atoms with E-state index >= 15 is 0 Å². The smallest absolute Gasteiger partial charge is 0.191 e. The molecule has 2 N–H and O–H groups in total. The van der Waals surface area contributed by atoms with Crippen molar-refractivity contribution in [2.75, 3.05) is 13.6 Å². The van der Waals surface area contributed by atoms with Crippen LogP contribution in [0.25, 0.3) is 0 Å². The molecule has 1 heterocycles. The first kappa shape index (κ1) is 14.7. The minimum atomic E-state index is 0.760. The van der Waals surface area contributed by atoms with E-state index in [0.717, 1.165) is 30.1 Å². The first-order chi connectivity index (χ1) is 9.78. The number of nitrogens with one attached hydrogen (secondary N) is 2. The van der Waals surface area contributed by atoms with Gasteiger partial charge >= 0.3 is 0 Å². The molecule has 2 rings (SSSR count). The molecule has 0 radical (unpaired) electrons. The summed E-state index contributed by atoms with van der Waals surface area (Å²) in [6, 6.07) is 12.3. The average Bonchev–Trinajstić information content (AvgIpc) is 2.97. The van der Waals surface area contributed by atoms with Crippen molar-refractivity contribution < 1.29 is 0 Å². The van der Waals surface area contributed by atoms with Gasteiger partial charge in [-0.2, -0.15) is 0 Å². The van der Waals surface area contributed by atoms with Gasteiger partial charge in [0.05, 0.1) is 0 Å². The quantitative estimate of drug-likeness (QED) is 0.651. The zero-order chi connectivity index (χ0) is 14.2. The summed E-state index contributed by atoms with van der Waals surface area (Å²) in [5.41, 5.74) is 1.22. The minimum absolute atomic E-state index is 0.760. The SMILES string of the molecule is CN=C(NCCn1cccc1)NCc1ccc(Br)cc1. The van der Waals surface area contributed by atoms with Gasteiger partial charge in [-0.05, 0) is 29.8 Å². The van der Waals surface area contributed by atoms with E-state index in [9.17, 15) is 0 Å². The summed E-state index contributed by atoms with van der Waals surface area (Å²) in [5.74, 6) is 0.820. The van der Waals surface area contributed by atoms with E-state index in [1.165, 1.54) is 5.56 Å². The van der Waals surface area contributed by atoms with E-state index in [4.69, 9.17) is 0 Å². The Morgan fingerprint density at radius 1 is 1.15 bits per heavy atom. The maximum absolute atomic E-state index is 4.22. The molecule has 0 amide bonds. The van der Waals surface area contributed by atoms with Gasteiger partial charge in [0.1, 0.15) is 0 Å². The van der Waals surface area contributed by atoms with Crippen molar-refractivity contribution in [1.82, 2.24) is 15.2 Å². The maximum Gasteiger partial charge on any atom is 0.191 e. The van der Waals surface area contributed by atoms with Crippen molar-refractivity contribution in [2.24, 2.45) is 4.99 Å². The molecule has 0 bridgehead atoms. The van der Waals surface area contributed by atoms with Crippen molar-refractivity contribution in [3.8, 4) is 0 Å². The average molecular weight is 335 g/mol. The number of aromatic nitrogens is 1. The number of nitrogens with zero attached hydrogens (tertiary/aromatic N) is 2. The van der Waals surface area contributed by atoms with Gasteiger partial charge in [-0.3, -0.25) is 4.99 Å². The van der Waals surface area contributed by atoms with Crippen LogP contribution in [0.15, 0.2) is 58.3 Å². The van der Waals surface area contributed by atoms with Gasteiger partial charge in [0.2, 0.25) is 0 Å². The molecule has 20 heavy (non-hydrogen) atoms. The van der Waals surface area contributed by atoms with Gasteiger partial charge < -0.3 is 15.2 Å². The largest absolute Gasteiger partial charge is 0.355 e. The van der Waals surface area contributed by atoms with Crippen LogP contribution in [0.5, 0.6) is 0 Å². The highest BCUT2D eigenvalue weighted by atomic mass is 79.9. The standard InChI is InChI=1S/C15H19BrN4/c1-17-15(18-8-11-20-9-2-3-10-20)19-12-13-4-6-14(16)7-5-13/h2-7,9-10H,8,11-12H2,1H3,(H2,17,18,19). The van der Waals surface area contributed by atoms with Crippen molar-refractivity contribution in [3.05, 3.63) is 58.8 Å². The van der Waals surface area contributed by atoms with Crippen LogP contribution in [-0.4, -0.2) is 24.1 Å². The van der Waals surface area contributed by atoms with Gasteiger partial charge in [-0.15, -0.1) is 0 Å². The van der Waals surface area contributed by atoms with Crippen molar-refractivity contribution in [3.63, 3.8) is 0 Å². The summed E-state index contributed by atoms with van der Waals surface area (Å²) in [4.78, 5) is 4.22. The number of hydrogen-bond acceptors (Lipinski definition) is 1. The van der Waals surface area contributed by atoms with Crippen LogP contribution >= 0.6 is 15.9 Å². The summed E-state index contributed by atoms with van der Waals surface area (Å²) >= 11 is 3.43. The van der Waals surface area contributed by atoms with Crippen molar-refractivity contribution >= 4 is 21.9 Å². The monoisotopic (exact) mass is 334 g/mol.